The number of thioether (sulfide) groups is 1. The van der Waals surface area contributed by atoms with Crippen molar-refractivity contribution < 1.29 is 9.59 Å². The van der Waals surface area contributed by atoms with Gasteiger partial charge in [0.1, 0.15) is 6.04 Å². The Hall–Kier alpha value is -1.53. The summed E-state index contributed by atoms with van der Waals surface area (Å²) in [6.07, 6.45) is 19.8. The molecule has 37 heavy (non-hydrogen) atoms. The van der Waals surface area contributed by atoms with Gasteiger partial charge in [-0.3, -0.25) is 9.59 Å². The van der Waals surface area contributed by atoms with E-state index in [1.165, 1.54) is 42.7 Å². The van der Waals surface area contributed by atoms with E-state index in [1.54, 1.807) is 11.8 Å². The van der Waals surface area contributed by atoms with Crippen molar-refractivity contribution in [3.63, 3.8) is 0 Å². The minimum Gasteiger partial charge on any atom is -0.352 e. The second-order valence-corrected chi connectivity index (χ2v) is 12.3. The smallest absolute Gasteiger partial charge is 0.243 e. The Morgan fingerprint density at radius 2 is 1.57 bits per heavy atom. The SMILES string of the molecule is CC(C)=CCC/C(C)=C/CC/C(C)=C/CSC[C@H](NC(=O)CCCCCN1CCCC1)C(=O)NC1CC1. The Morgan fingerprint density at radius 3 is 2.24 bits per heavy atom. The van der Waals surface area contributed by atoms with Crippen LogP contribution in [-0.2, 0) is 9.59 Å². The van der Waals surface area contributed by atoms with Crippen molar-refractivity contribution in [3.8, 4) is 0 Å². The summed E-state index contributed by atoms with van der Waals surface area (Å²) in [6.45, 7) is 12.3. The molecule has 5 nitrogen and oxygen atoms in total. The monoisotopic (exact) mass is 531 g/mol. The van der Waals surface area contributed by atoms with Gasteiger partial charge < -0.3 is 15.5 Å². The lowest BCUT2D eigenvalue weighted by molar-refractivity contribution is -0.128. The third-order valence-corrected chi connectivity index (χ3v) is 8.08. The van der Waals surface area contributed by atoms with E-state index in [0.717, 1.165) is 70.1 Å². The van der Waals surface area contributed by atoms with Crippen LogP contribution in [0.25, 0.3) is 0 Å². The predicted octanol–water partition coefficient (Wildman–Crippen LogP) is 6.56. The molecule has 2 N–H and O–H groups in total. The van der Waals surface area contributed by atoms with Gasteiger partial charge in [0, 0.05) is 24.0 Å². The topological polar surface area (TPSA) is 61.4 Å². The lowest BCUT2D eigenvalue weighted by Gasteiger charge is -2.18. The highest BCUT2D eigenvalue weighted by Gasteiger charge is 2.28. The Labute approximate surface area is 231 Å². The van der Waals surface area contributed by atoms with Crippen LogP contribution in [0.15, 0.2) is 34.9 Å². The zero-order chi connectivity index (χ0) is 26.9. The molecule has 6 heteroatoms. The van der Waals surface area contributed by atoms with Crippen LogP contribution in [0.3, 0.4) is 0 Å². The molecule has 210 valence electrons. The van der Waals surface area contributed by atoms with Crippen LogP contribution < -0.4 is 10.6 Å². The first kappa shape index (κ1) is 31.7. The zero-order valence-electron chi connectivity index (χ0n) is 24.1. The number of hydrogen-bond donors (Lipinski definition) is 2. The molecule has 1 atom stereocenters. The van der Waals surface area contributed by atoms with Gasteiger partial charge in [0.15, 0.2) is 0 Å². The minimum atomic E-state index is -0.442. The number of carbonyl (C=O) groups is 2. The fourth-order valence-electron chi connectivity index (χ4n) is 4.51. The number of unbranched alkanes of at least 4 members (excludes halogenated alkanes) is 2. The summed E-state index contributed by atoms with van der Waals surface area (Å²) in [5, 5.41) is 6.10. The Kier molecular flexibility index (Phi) is 16.0. The highest BCUT2D eigenvalue weighted by atomic mass is 32.2. The molecule has 0 radical (unpaired) electrons. The third-order valence-electron chi connectivity index (χ3n) is 7.11. The average Bonchev–Trinajstić information content (AvgIpc) is 3.50. The van der Waals surface area contributed by atoms with Gasteiger partial charge in [-0.05, 0) is 112 Å². The van der Waals surface area contributed by atoms with E-state index in [4.69, 9.17) is 0 Å². The van der Waals surface area contributed by atoms with Gasteiger partial charge >= 0.3 is 0 Å². The maximum Gasteiger partial charge on any atom is 0.243 e. The van der Waals surface area contributed by atoms with Crippen molar-refractivity contribution in [3.05, 3.63) is 34.9 Å². The molecule has 0 aromatic carbocycles. The molecule has 0 aromatic rings. The first-order chi connectivity index (χ1) is 17.8. The first-order valence-corrected chi connectivity index (χ1v) is 15.8. The van der Waals surface area contributed by atoms with E-state index in [1.807, 2.05) is 0 Å². The summed E-state index contributed by atoms with van der Waals surface area (Å²) >= 11 is 1.73. The van der Waals surface area contributed by atoms with Crippen molar-refractivity contribution in [2.45, 2.75) is 117 Å². The number of amides is 2. The summed E-state index contributed by atoms with van der Waals surface area (Å²) in [4.78, 5) is 27.8. The lowest BCUT2D eigenvalue weighted by atomic mass is 10.1. The minimum absolute atomic E-state index is 0.0104. The number of likely N-dealkylation sites (tertiary alicyclic amines) is 1. The molecule has 0 aromatic heterocycles. The number of carbonyl (C=O) groups excluding carboxylic acids is 2. The van der Waals surface area contributed by atoms with Crippen LogP contribution in [0.2, 0.25) is 0 Å². The standard InChI is InChI=1S/C31H53N3O2S/c1-25(2)12-10-13-26(3)14-11-15-27(4)19-23-37-24-29(31(36)32-28-17-18-28)33-30(35)16-6-5-7-20-34-21-8-9-22-34/h12,14,19,28-29H,5-11,13,15-18,20-24H2,1-4H3,(H,32,36)(H,33,35)/b26-14+,27-19+/t29-/m0/s1. The normalized spacial score (nSPS) is 17.5. The van der Waals surface area contributed by atoms with Crippen LogP contribution in [0.5, 0.6) is 0 Å². The van der Waals surface area contributed by atoms with Gasteiger partial charge in [-0.25, -0.2) is 0 Å². The molecule has 1 heterocycles. The quantitative estimate of drug-likeness (QED) is 0.146. The number of hydrogen-bond acceptors (Lipinski definition) is 4. The van der Waals surface area contributed by atoms with Gasteiger partial charge in [0.25, 0.3) is 0 Å². The van der Waals surface area contributed by atoms with Gasteiger partial charge in [-0.2, -0.15) is 11.8 Å². The molecule has 2 rings (SSSR count). The van der Waals surface area contributed by atoms with Crippen molar-refractivity contribution >= 4 is 23.6 Å². The molecule has 0 bridgehead atoms. The van der Waals surface area contributed by atoms with Gasteiger partial charge in [-0.1, -0.05) is 41.4 Å². The van der Waals surface area contributed by atoms with Crippen LogP contribution in [0, 0.1) is 0 Å². The third kappa shape index (κ3) is 16.1. The number of allylic oxidation sites excluding steroid dienone is 5. The maximum absolute atomic E-state index is 12.7. The lowest BCUT2D eigenvalue weighted by Crippen LogP contribution is -2.48. The number of rotatable bonds is 19. The molecule has 1 aliphatic carbocycles. The van der Waals surface area contributed by atoms with Crippen LogP contribution in [0.1, 0.15) is 105 Å². The number of nitrogens with zero attached hydrogens (tertiary/aromatic N) is 1. The van der Waals surface area contributed by atoms with Crippen molar-refractivity contribution in [2.75, 3.05) is 31.1 Å². The molecule has 2 amide bonds. The fraction of sp³-hybridized carbons (Fsp3) is 0.742. The molecular formula is C31H53N3O2S. The molecule has 1 saturated heterocycles. The molecule has 1 saturated carbocycles. The second kappa shape index (κ2) is 18.7. The average molecular weight is 532 g/mol. The van der Waals surface area contributed by atoms with E-state index in [-0.39, 0.29) is 11.8 Å². The second-order valence-electron chi connectivity index (χ2n) is 11.3. The molecule has 0 unspecified atom stereocenters. The largest absolute Gasteiger partial charge is 0.352 e. The first-order valence-electron chi connectivity index (χ1n) is 14.7. The molecule has 2 aliphatic rings. The number of nitrogens with one attached hydrogen (secondary N) is 2. The van der Waals surface area contributed by atoms with Gasteiger partial charge in [0.2, 0.25) is 11.8 Å². The van der Waals surface area contributed by atoms with E-state index in [2.05, 4.69) is 61.5 Å². The predicted molar refractivity (Wildman–Crippen MR) is 160 cm³/mol. The molecule has 0 spiro atoms. The van der Waals surface area contributed by atoms with E-state index in [9.17, 15) is 9.59 Å². The maximum atomic E-state index is 12.7. The summed E-state index contributed by atoms with van der Waals surface area (Å²) < 4.78 is 0. The van der Waals surface area contributed by atoms with Gasteiger partial charge in [-0.15, -0.1) is 0 Å². The summed E-state index contributed by atoms with van der Waals surface area (Å²) in [5.41, 5.74) is 4.24. The summed E-state index contributed by atoms with van der Waals surface area (Å²) in [7, 11) is 0. The molecule has 2 fully saturated rings. The van der Waals surface area contributed by atoms with Gasteiger partial charge in [0.05, 0.1) is 0 Å². The van der Waals surface area contributed by atoms with Crippen LogP contribution in [-0.4, -0.2) is 59.9 Å². The molecule has 1 aliphatic heterocycles. The fourth-order valence-corrected chi connectivity index (χ4v) is 5.52. The highest BCUT2D eigenvalue weighted by molar-refractivity contribution is 7.99. The van der Waals surface area contributed by atoms with Crippen molar-refractivity contribution in [2.24, 2.45) is 0 Å². The highest BCUT2D eigenvalue weighted by Crippen LogP contribution is 2.19. The van der Waals surface area contributed by atoms with Crippen molar-refractivity contribution in [1.82, 2.24) is 15.5 Å². The molecular weight excluding hydrogens is 478 g/mol. The van der Waals surface area contributed by atoms with E-state index < -0.39 is 6.04 Å². The van der Waals surface area contributed by atoms with Crippen molar-refractivity contribution in [1.29, 1.82) is 0 Å². The van der Waals surface area contributed by atoms with Crippen LogP contribution in [0.4, 0.5) is 0 Å². The van der Waals surface area contributed by atoms with E-state index in [0.29, 0.717) is 18.2 Å². The summed E-state index contributed by atoms with van der Waals surface area (Å²) in [6, 6.07) is -0.133. The van der Waals surface area contributed by atoms with E-state index >= 15 is 0 Å². The van der Waals surface area contributed by atoms with Crippen LogP contribution >= 0.6 is 11.8 Å². The Morgan fingerprint density at radius 1 is 0.892 bits per heavy atom. The Bertz CT molecular complexity index is 775. The summed E-state index contributed by atoms with van der Waals surface area (Å²) in [5.74, 6) is 1.48. The Balaban J connectivity index is 1.65. The zero-order valence-corrected chi connectivity index (χ0v) is 24.9.